The fourth-order valence-corrected chi connectivity index (χ4v) is 4.16. The molecule has 0 bridgehead atoms. The molecule has 2 atom stereocenters. The van der Waals surface area contributed by atoms with E-state index in [4.69, 9.17) is 11.6 Å². The van der Waals surface area contributed by atoms with Crippen molar-refractivity contribution in [1.82, 2.24) is 0 Å². The van der Waals surface area contributed by atoms with Crippen molar-refractivity contribution in [2.45, 2.75) is 25.2 Å². The fourth-order valence-electron chi connectivity index (χ4n) is 2.65. The zero-order chi connectivity index (χ0) is 18.2. The maximum Gasteiger partial charge on any atom is 0.262 e. The van der Waals surface area contributed by atoms with E-state index in [1.165, 1.54) is 12.1 Å². The van der Waals surface area contributed by atoms with Crippen molar-refractivity contribution in [3.05, 3.63) is 53.1 Å². The summed E-state index contributed by atoms with van der Waals surface area (Å²) in [5, 5.41) is 3.24. The molecule has 3 rings (SSSR count). The summed E-state index contributed by atoms with van der Waals surface area (Å²) in [6, 6.07) is 11.4. The van der Waals surface area contributed by atoms with Crippen LogP contribution in [0.5, 0.6) is 0 Å². The van der Waals surface area contributed by atoms with Gasteiger partial charge in [-0.05, 0) is 55.2 Å². The van der Waals surface area contributed by atoms with E-state index < -0.39 is 10.0 Å². The van der Waals surface area contributed by atoms with Gasteiger partial charge in [0.25, 0.3) is 10.0 Å². The Bertz CT molecular complexity index is 928. The van der Waals surface area contributed by atoms with E-state index in [2.05, 4.69) is 10.0 Å². The molecule has 0 spiro atoms. The number of halogens is 1. The van der Waals surface area contributed by atoms with Gasteiger partial charge in [0.05, 0.1) is 10.6 Å². The lowest BCUT2D eigenvalue weighted by Crippen LogP contribution is -2.17. The molecule has 0 aliphatic heterocycles. The smallest absolute Gasteiger partial charge is 0.262 e. The number of carbonyl (C=O) groups excluding carboxylic acids is 1. The average Bonchev–Trinajstić information content (AvgIpc) is 3.25. The highest BCUT2D eigenvalue weighted by Crippen LogP contribution is 2.38. The first-order valence-electron chi connectivity index (χ1n) is 7.96. The monoisotopic (exact) mass is 378 g/mol. The Morgan fingerprint density at radius 1 is 1.16 bits per heavy atom. The molecule has 1 aliphatic carbocycles. The molecule has 7 heteroatoms. The minimum absolute atomic E-state index is 0.0194. The van der Waals surface area contributed by atoms with Crippen molar-refractivity contribution < 1.29 is 13.2 Å². The van der Waals surface area contributed by atoms with Gasteiger partial charge in [0.1, 0.15) is 0 Å². The average molecular weight is 379 g/mol. The van der Waals surface area contributed by atoms with Gasteiger partial charge in [-0.25, -0.2) is 8.42 Å². The third-order valence-electron chi connectivity index (χ3n) is 4.27. The Kier molecular flexibility index (Phi) is 4.75. The molecule has 1 saturated carbocycles. The standard InChI is InChI=1S/C18H19ClN2O3S/c1-11-6-7-14(20-18(22)16-8-12(16)2)10-17(11)25(23,24)21-15-5-3-4-13(19)9-15/h3-7,9-10,12,16,21H,8H2,1-2H3,(H,20,22)/t12-,16+/m0/s1. The number of rotatable bonds is 5. The lowest BCUT2D eigenvalue weighted by molar-refractivity contribution is -0.117. The van der Waals surface area contributed by atoms with Crippen molar-refractivity contribution in [2.75, 3.05) is 10.0 Å². The van der Waals surface area contributed by atoms with Crippen molar-refractivity contribution in [3.8, 4) is 0 Å². The summed E-state index contributed by atoms with van der Waals surface area (Å²) in [7, 11) is -3.79. The first kappa shape index (κ1) is 17.8. The normalized spacial score (nSPS) is 19.3. The van der Waals surface area contributed by atoms with Gasteiger partial charge in [-0.15, -0.1) is 0 Å². The Morgan fingerprint density at radius 3 is 2.52 bits per heavy atom. The first-order chi connectivity index (χ1) is 11.8. The number of benzene rings is 2. The van der Waals surface area contributed by atoms with Crippen molar-refractivity contribution >= 4 is 38.9 Å². The molecular formula is C18H19ClN2O3S. The molecule has 2 aromatic carbocycles. The molecular weight excluding hydrogens is 360 g/mol. The highest BCUT2D eigenvalue weighted by atomic mass is 35.5. The lowest BCUT2D eigenvalue weighted by Gasteiger charge is -2.13. The van der Waals surface area contributed by atoms with Crippen LogP contribution in [-0.4, -0.2) is 14.3 Å². The zero-order valence-corrected chi connectivity index (χ0v) is 15.5. The minimum atomic E-state index is -3.79. The second-order valence-electron chi connectivity index (χ2n) is 6.40. The van der Waals surface area contributed by atoms with E-state index in [9.17, 15) is 13.2 Å². The Morgan fingerprint density at radius 2 is 1.88 bits per heavy atom. The Labute approximate surface area is 152 Å². The topological polar surface area (TPSA) is 75.3 Å². The molecule has 1 fully saturated rings. The van der Waals surface area contributed by atoms with Crippen molar-refractivity contribution in [1.29, 1.82) is 0 Å². The summed E-state index contributed by atoms with van der Waals surface area (Å²) in [6.07, 6.45) is 0.874. The van der Waals surface area contributed by atoms with Crippen LogP contribution in [0.1, 0.15) is 18.9 Å². The number of nitrogens with one attached hydrogen (secondary N) is 2. The quantitative estimate of drug-likeness (QED) is 0.824. The number of aryl methyl sites for hydroxylation is 1. The highest BCUT2D eigenvalue weighted by Gasteiger charge is 2.39. The van der Waals surface area contributed by atoms with Crippen LogP contribution in [0.15, 0.2) is 47.4 Å². The van der Waals surface area contributed by atoms with E-state index in [-0.39, 0.29) is 16.7 Å². The van der Waals surface area contributed by atoms with Crippen molar-refractivity contribution in [2.24, 2.45) is 11.8 Å². The molecule has 0 radical (unpaired) electrons. The Balaban J connectivity index is 1.84. The van der Waals surface area contributed by atoms with Crippen LogP contribution in [0.25, 0.3) is 0 Å². The molecule has 0 saturated heterocycles. The van der Waals surface area contributed by atoms with Crippen LogP contribution in [0, 0.1) is 18.8 Å². The Hall–Kier alpha value is -2.05. The first-order valence-corrected chi connectivity index (χ1v) is 9.82. The van der Waals surface area contributed by atoms with Gasteiger partial charge in [0, 0.05) is 16.6 Å². The van der Waals surface area contributed by atoms with Crippen LogP contribution in [0.2, 0.25) is 5.02 Å². The summed E-state index contributed by atoms with van der Waals surface area (Å²) in [5.74, 6) is 0.339. The maximum atomic E-state index is 12.7. The second-order valence-corrected chi connectivity index (χ2v) is 8.49. The molecule has 25 heavy (non-hydrogen) atoms. The van der Waals surface area contributed by atoms with E-state index in [0.717, 1.165) is 6.42 Å². The van der Waals surface area contributed by atoms with Crippen LogP contribution in [0.4, 0.5) is 11.4 Å². The van der Waals surface area contributed by atoms with Gasteiger partial charge in [0.2, 0.25) is 5.91 Å². The molecule has 0 unspecified atom stereocenters. The zero-order valence-electron chi connectivity index (χ0n) is 13.9. The second kappa shape index (κ2) is 6.69. The van der Waals surface area contributed by atoms with E-state index >= 15 is 0 Å². The van der Waals surface area contributed by atoms with Gasteiger partial charge in [-0.1, -0.05) is 30.7 Å². The predicted molar refractivity (Wildman–Crippen MR) is 99.3 cm³/mol. The summed E-state index contributed by atoms with van der Waals surface area (Å²) in [5.41, 5.74) is 1.45. The van der Waals surface area contributed by atoms with Gasteiger partial charge < -0.3 is 5.32 Å². The third-order valence-corrected chi connectivity index (χ3v) is 6.03. The van der Waals surface area contributed by atoms with Crippen LogP contribution in [0.3, 0.4) is 0 Å². The molecule has 132 valence electrons. The van der Waals surface area contributed by atoms with Crippen LogP contribution < -0.4 is 10.0 Å². The summed E-state index contributed by atoms with van der Waals surface area (Å²) in [4.78, 5) is 12.2. The molecule has 5 nitrogen and oxygen atoms in total. The van der Waals surface area contributed by atoms with E-state index in [1.54, 1.807) is 37.3 Å². The van der Waals surface area contributed by atoms with Gasteiger partial charge in [-0.3, -0.25) is 9.52 Å². The molecule has 1 amide bonds. The van der Waals surface area contributed by atoms with Gasteiger partial charge in [0.15, 0.2) is 0 Å². The lowest BCUT2D eigenvalue weighted by atomic mass is 10.2. The van der Waals surface area contributed by atoms with Crippen LogP contribution >= 0.6 is 11.6 Å². The minimum Gasteiger partial charge on any atom is -0.326 e. The fraction of sp³-hybridized carbons (Fsp3) is 0.278. The highest BCUT2D eigenvalue weighted by molar-refractivity contribution is 7.92. The van der Waals surface area contributed by atoms with Gasteiger partial charge >= 0.3 is 0 Å². The van der Waals surface area contributed by atoms with Crippen molar-refractivity contribution in [3.63, 3.8) is 0 Å². The molecule has 1 aliphatic rings. The van der Waals surface area contributed by atoms with Gasteiger partial charge in [-0.2, -0.15) is 0 Å². The summed E-state index contributed by atoms with van der Waals surface area (Å²) < 4.78 is 27.9. The molecule has 2 N–H and O–H groups in total. The number of anilines is 2. The predicted octanol–water partition coefficient (Wildman–Crippen LogP) is 4.04. The largest absolute Gasteiger partial charge is 0.326 e. The molecule has 0 aromatic heterocycles. The number of sulfonamides is 1. The SMILES string of the molecule is Cc1ccc(NC(=O)[C@@H]2C[C@@H]2C)cc1S(=O)(=O)Nc1cccc(Cl)c1. The van der Waals surface area contributed by atoms with Crippen LogP contribution in [-0.2, 0) is 14.8 Å². The van der Waals surface area contributed by atoms with E-state index in [1.807, 2.05) is 6.92 Å². The summed E-state index contributed by atoms with van der Waals surface area (Å²) >= 11 is 5.90. The summed E-state index contributed by atoms with van der Waals surface area (Å²) in [6.45, 7) is 3.73. The maximum absolute atomic E-state index is 12.7. The number of carbonyl (C=O) groups is 1. The molecule has 2 aromatic rings. The third kappa shape index (κ3) is 4.14. The molecule has 0 heterocycles. The number of amides is 1. The number of hydrogen-bond donors (Lipinski definition) is 2. The van der Waals surface area contributed by atoms with E-state index in [0.29, 0.717) is 27.9 Å². The number of hydrogen-bond acceptors (Lipinski definition) is 3.